The third-order valence-corrected chi connectivity index (χ3v) is 30.5. The van der Waals surface area contributed by atoms with Crippen LogP contribution in [-0.2, 0) is 4.66 Å². The number of benzene rings is 11. The third kappa shape index (κ3) is 7.89. The van der Waals surface area contributed by atoms with Crippen molar-refractivity contribution in [2.45, 2.75) is 120 Å². The zero-order valence-corrected chi connectivity index (χ0v) is 52.1. The SMILES string of the molecule is C[Si](C)(C)C1([Si](C)(C)C)c2cc(N(c3ccccc3)c3cccc4c3oc3c(C5CCCCC5)cccc34)c3ccccc3c2-c2c1c1ccc(N(c3ccccc3)c3cccc4c3oc3c(C5CCCCC5)cccc34)cc1c1ccccc21. The summed E-state index contributed by atoms with van der Waals surface area (Å²) >= 11 is 0. The lowest BCUT2D eigenvalue weighted by Gasteiger charge is -2.52. The smallest absolute Gasteiger partial charge is 0.159 e. The Bertz CT molecular complexity index is 4770. The predicted molar refractivity (Wildman–Crippen MR) is 367 cm³/mol. The first-order valence-corrected chi connectivity index (χ1v) is 38.6. The molecule has 2 aromatic heterocycles. The zero-order chi connectivity index (χ0) is 57.3. The molecule has 0 saturated heterocycles. The van der Waals surface area contributed by atoms with Crippen molar-refractivity contribution in [2.75, 3.05) is 9.80 Å². The number of rotatable bonds is 10. The van der Waals surface area contributed by atoms with Gasteiger partial charge in [0.05, 0.1) is 33.2 Å². The van der Waals surface area contributed by atoms with E-state index >= 15 is 0 Å². The molecule has 3 aliphatic carbocycles. The molecular weight excluding hydrogens is 1070 g/mol. The van der Waals surface area contributed by atoms with E-state index in [0.717, 1.165) is 50.8 Å². The summed E-state index contributed by atoms with van der Waals surface area (Å²) in [5, 5.41) is 12.5. The molecule has 3 aliphatic rings. The maximum Gasteiger partial charge on any atom is 0.159 e. The number of hydrogen-bond donors (Lipinski definition) is 0. The summed E-state index contributed by atoms with van der Waals surface area (Å²) in [6, 6.07) is 78.3. The highest BCUT2D eigenvalue weighted by Crippen LogP contribution is 2.65. The molecule has 0 N–H and O–H groups in total. The topological polar surface area (TPSA) is 32.8 Å². The van der Waals surface area contributed by atoms with Gasteiger partial charge in [0.2, 0.25) is 0 Å². The Morgan fingerprint density at radius 2 is 0.765 bits per heavy atom. The van der Waals surface area contributed by atoms with E-state index in [9.17, 15) is 0 Å². The van der Waals surface area contributed by atoms with E-state index in [1.165, 1.54) is 157 Å². The van der Waals surface area contributed by atoms with Gasteiger partial charge < -0.3 is 18.6 Å². The van der Waals surface area contributed by atoms with Crippen LogP contribution in [0.3, 0.4) is 0 Å². The molecule has 85 heavy (non-hydrogen) atoms. The molecule has 13 aromatic rings. The molecule has 0 spiro atoms. The van der Waals surface area contributed by atoms with Crippen molar-refractivity contribution in [3.63, 3.8) is 0 Å². The summed E-state index contributed by atoms with van der Waals surface area (Å²) in [6.45, 7) is 16.0. The van der Waals surface area contributed by atoms with Crippen molar-refractivity contribution in [3.8, 4) is 11.1 Å². The van der Waals surface area contributed by atoms with Crippen LogP contribution < -0.4 is 9.80 Å². The maximum atomic E-state index is 7.40. The fourth-order valence-corrected chi connectivity index (χ4v) is 30.4. The van der Waals surface area contributed by atoms with E-state index in [1.807, 2.05) is 0 Å². The minimum Gasteiger partial charge on any atom is -0.454 e. The van der Waals surface area contributed by atoms with Gasteiger partial charge in [-0.2, -0.15) is 0 Å². The molecule has 0 atom stereocenters. The number of fused-ring (bicyclic) bond motifs is 16. The lowest BCUT2D eigenvalue weighted by Crippen LogP contribution is -2.63. The first-order chi connectivity index (χ1) is 41.5. The van der Waals surface area contributed by atoms with E-state index < -0.39 is 16.1 Å². The zero-order valence-electron chi connectivity index (χ0n) is 50.1. The summed E-state index contributed by atoms with van der Waals surface area (Å²) in [5.74, 6) is 1.04. The van der Waals surface area contributed by atoms with Crippen LogP contribution in [0.4, 0.5) is 34.1 Å². The quantitative estimate of drug-likeness (QED) is 0.101. The lowest BCUT2D eigenvalue weighted by molar-refractivity contribution is 0.442. The Kier molecular flexibility index (Phi) is 12.3. The van der Waals surface area contributed by atoms with Crippen LogP contribution in [0.1, 0.15) is 98.3 Å². The third-order valence-electron chi connectivity index (χ3n) is 20.5. The Hall–Kier alpha value is -8.17. The molecule has 2 heterocycles. The number of furan rings is 2. The summed E-state index contributed by atoms with van der Waals surface area (Å²) in [5.41, 5.74) is 19.2. The van der Waals surface area contributed by atoms with Crippen LogP contribution in [0, 0.1) is 0 Å². The van der Waals surface area contributed by atoms with E-state index in [4.69, 9.17) is 8.83 Å². The molecular formula is C79H74N2O2Si2. The monoisotopic (exact) mass is 1140 g/mol. The Morgan fingerprint density at radius 3 is 1.29 bits per heavy atom. The van der Waals surface area contributed by atoms with Crippen molar-refractivity contribution in [1.82, 2.24) is 0 Å². The molecule has 2 fully saturated rings. The fraction of sp³-hybridized carbons (Fsp3) is 0.241. The summed E-state index contributed by atoms with van der Waals surface area (Å²) in [7, 11) is -4.63. The molecule has 0 unspecified atom stereocenters. The highest BCUT2D eigenvalue weighted by Gasteiger charge is 2.61. The van der Waals surface area contributed by atoms with Gasteiger partial charge in [-0.15, -0.1) is 0 Å². The minimum atomic E-state index is -2.31. The molecule has 6 heteroatoms. The van der Waals surface area contributed by atoms with Gasteiger partial charge in [0, 0.05) is 48.7 Å². The average molecular weight is 1140 g/mol. The van der Waals surface area contributed by atoms with Crippen molar-refractivity contribution >= 4 is 126 Å². The lowest BCUT2D eigenvalue weighted by atomic mass is 9.83. The van der Waals surface area contributed by atoms with Gasteiger partial charge in [-0.25, -0.2) is 0 Å². The molecule has 16 rings (SSSR count). The van der Waals surface area contributed by atoms with Gasteiger partial charge in [0.25, 0.3) is 0 Å². The fourth-order valence-electron chi connectivity index (χ4n) is 17.4. The average Bonchev–Trinajstić information content (AvgIpc) is 1.69. The summed E-state index contributed by atoms with van der Waals surface area (Å²) in [4.78, 5) is 5.01. The van der Waals surface area contributed by atoms with Gasteiger partial charge in [-0.3, -0.25) is 0 Å². The Labute approximate surface area is 501 Å². The molecule has 4 nitrogen and oxygen atoms in total. The van der Waals surface area contributed by atoms with Crippen LogP contribution in [0.15, 0.2) is 215 Å². The second-order valence-electron chi connectivity index (χ2n) is 27.1. The van der Waals surface area contributed by atoms with E-state index in [0.29, 0.717) is 11.8 Å². The van der Waals surface area contributed by atoms with Gasteiger partial charge in [-0.1, -0.05) is 229 Å². The number of anilines is 6. The second-order valence-corrected chi connectivity index (χ2v) is 38.1. The summed E-state index contributed by atoms with van der Waals surface area (Å²) in [6.07, 6.45) is 12.7. The molecule has 0 amide bonds. The Morgan fingerprint density at radius 1 is 0.329 bits per heavy atom. The van der Waals surface area contributed by atoms with E-state index in [1.54, 1.807) is 0 Å². The van der Waals surface area contributed by atoms with Gasteiger partial charge in [-0.05, 0) is 152 Å². The molecule has 2 saturated carbocycles. The highest BCUT2D eigenvalue weighted by atomic mass is 28.4. The van der Waals surface area contributed by atoms with E-state index in [2.05, 4.69) is 255 Å². The first-order valence-electron chi connectivity index (χ1n) is 31.6. The van der Waals surface area contributed by atoms with Crippen LogP contribution in [0.5, 0.6) is 0 Å². The van der Waals surface area contributed by atoms with Gasteiger partial charge in [0.1, 0.15) is 11.2 Å². The first kappa shape index (κ1) is 52.4. The molecule has 11 aromatic carbocycles. The van der Waals surface area contributed by atoms with Gasteiger partial charge >= 0.3 is 0 Å². The second kappa shape index (κ2) is 20.0. The van der Waals surface area contributed by atoms with Crippen molar-refractivity contribution in [2.24, 2.45) is 0 Å². The molecule has 0 bridgehead atoms. The van der Waals surface area contributed by atoms with Crippen LogP contribution in [0.2, 0.25) is 39.3 Å². The molecule has 0 aliphatic heterocycles. The number of hydrogen-bond acceptors (Lipinski definition) is 4. The van der Waals surface area contributed by atoms with Crippen LogP contribution in [-0.4, -0.2) is 16.1 Å². The summed E-state index contributed by atoms with van der Waals surface area (Å²) < 4.78 is 14.5. The number of para-hydroxylation sites is 6. The van der Waals surface area contributed by atoms with Crippen molar-refractivity contribution in [3.05, 3.63) is 229 Å². The predicted octanol–water partition coefficient (Wildman–Crippen LogP) is 24.0. The minimum absolute atomic E-state index is 0.231. The maximum absolute atomic E-state index is 7.40. The van der Waals surface area contributed by atoms with Gasteiger partial charge in [0.15, 0.2) is 11.2 Å². The van der Waals surface area contributed by atoms with Crippen molar-refractivity contribution in [1.29, 1.82) is 0 Å². The number of nitrogens with zero attached hydrogens (tertiary/aromatic N) is 2. The standard InChI is InChI=1S/C79H74N2O2Si2/c1-84(2,3)79(85(4,5)6)68-50-71(81(54-33-17-10-18-34-54)70-46-26-44-66-64-42-24-40-57(76(64)83-78(66)70)52-29-13-8-14-30-52)59-36-20-22-38-61(59)72(68)73-60-37-21-19-35-58(60)67-49-55(47-48-62(67)74(73)79)80(53-31-15-9-16-32-53)69-45-25-43-65-63-41-23-39-56(75(63)82-77(65)69)51-27-11-7-12-28-51/h9-10,15-26,31-52H,7-8,11-14,27-30H2,1-6H3. The molecule has 420 valence electrons. The van der Waals surface area contributed by atoms with Crippen molar-refractivity contribution < 1.29 is 8.83 Å². The van der Waals surface area contributed by atoms with Crippen LogP contribution in [0.25, 0.3) is 87.3 Å². The van der Waals surface area contributed by atoms with E-state index in [-0.39, 0.29) is 4.66 Å². The van der Waals surface area contributed by atoms with Crippen LogP contribution >= 0.6 is 0 Å². The highest BCUT2D eigenvalue weighted by molar-refractivity contribution is 7.00. The largest absolute Gasteiger partial charge is 0.454 e. The molecule has 0 radical (unpaired) electrons. The normalized spacial score (nSPS) is 15.9. The Balaban J connectivity index is 0.956.